The van der Waals surface area contributed by atoms with Crippen LogP contribution in [0.5, 0.6) is 5.75 Å². The first kappa shape index (κ1) is 17.7. The van der Waals surface area contributed by atoms with Gasteiger partial charge in [-0.25, -0.2) is 9.37 Å². The highest BCUT2D eigenvalue weighted by Gasteiger charge is 2.39. The number of methoxy groups -OCH3 is 1. The molecule has 0 radical (unpaired) electrons. The van der Waals surface area contributed by atoms with Crippen molar-refractivity contribution in [1.29, 1.82) is 0 Å². The second-order valence-corrected chi connectivity index (χ2v) is 6.92. The van der Waals surface area contributed by atoms with Crippen LogP contribution >= 0.6 is 0 Å². The van der Waals surface area contributed by atoms with Crippen molar-refractivity contribution in [1.82, 2.24) is 14.6 Å². The number of aromatic nitrogens is 3. The Morgan fingerprint density at radius 2 is 2.04 bits per heavy atom. The highest BCUT2D eigenvalue weighted by atomic mass is 19.1. The molecule has 142 valence electrons. The Labute approximate surface area is 155 Å². The third kappa shape index (κ3) is 3.11. The number of hydrogen-bond acceptors (Lipinski definition) is 6. The number of fused-ring (bicyclic) bond motifs is 1. The molecule has 0 spiro atoms. The van der Waals surface area contributed by atoms with Gasteiger partial charge in [-0.1, -0.05) is 6.92 Å². The van der Waals surface area contributed by atoms with E-state index in [-0.39, 0.29) is 17.8 Å². The van der Waals surface area contributed by atoms with E-state index in [1.165, 1.54) is 19.2 Å². The average Bonchev–Trinajstić information content (AvgIpc) is 3.19. The van der Waals surface area contributed by atoms with Gasteiger partial charge in [0, 0.05) is 23.9 Å². The lowest BCUT2D eigenvalue weighted by molar-refractivity contribution is 0.0210. The molecule has 1 aromatic carbocycles. The first-order chi connectivity index (χ1) is 13.0. The molecule has 0 bridgehead atoms. The molecule has 4 rings (SSSR count). The summed E-state index contributed by atoms with van der Waals surface area (Å²) in [5.74, 6) is 0.656. The number of rotatable bonds is 4. The summed E-state index contributed by atoms with van der Waals surface area (Å²) < 4.78 is 20.4. The quantitative estimate of drug-likeness (QED) is 0.650. The standard InChI is InChI=1S/C19H21FN4O3/c1-10-7-14(19(26)18(10)25)22-16-5-6-21-17-9-13(23-24(16)17)12-4-3-11(20)8-15(12)27-2/h3-6,8-10,14,18-19,22,25-26H,7H2,1-2H3/t10-,14-,18-,19+/m1/s1. The Morgan fingerprint density at radius 3 is 2.74 bits per heavy atom. The Kier molecular flexibility index (Phi) is 4.45. The molecule has 1 saturated carbocycles. The Bertz CT molecular complexity index is 977. The number of aliphatic hydroxyl groups is 2. The number of hydrogen-bond donors (Lipinski definition) is 3. The number of anilines is 1. The molecule has 27 heavy (non-hydrogen) atoms. The van der Waals surface area contributed by atoms with Gasteiger partial charge in [-0.2, -0.15) is 9.61 Å². The number of benzene rings is 1. The summed E-state index contributed by atoms with van der Waals surface area (Å²) in [5.41, 5.74) is 1.84. The SMILES string of the molecule is COc1cc(F)ccc1-c1cc2nccc(N[C@@H]3C[C@@H](C)[C@@H](O)[C@H]3O)n2n1. The minimum Gasteiger partial charge on any atom is -0.496 e. The van der Waals surface area contributed by atoms with Crippen LogP contribution in [0.2, 0.25) is 0 Å². The van der Waals surface area contributed by atoms with Crippen LogP contribution in [-0.4, -0.2) is 50.2 Å². The summed E-state index contributed by atoms with van der Waals surface area (Å²) in [6.45, 7) is 1.91. The van der Waals surface area contributed by atoms with Crippen LogP contribution in [0.15, 0.2) is 36.5 Å². The average molecular weight is 372 g/mol. The molecule has 0 aliphatic heterocycles. The van der Waals surface area contributed by atoms with Crippen LogP contribution in [0.4, 0.5) is 10.2 Å². The van der Waals surface area contributed by atoms with Gasteiger partial charge in [0.2, 0.25) is 0 Å². The largest absolute Gasteiger partial charge is 0.496 e. The fourth-order valence-corrected chi connectivity index (χ4v) is 3.60. The molecule has 1 aliphatic rings. The van der Waals surface area contributed by atoms with Gasteiger partial charge in [0.15, 0.2) is 5.65 Å². The topological polar surface area (TPSA) is 91.9 Å². The van der Waals surface area contributed by atoms with Gasteiger partial charge in [-0.15, -0.1) is 0 Å². The summed E-state index contributed by atoms with van der Waals surface area (Å²) in [6.07, 6.45) is 0.685. The summed E-state index contributed by atoms with van der Waals surface area (Å²) >= 11 is 0. The molecular formula is C19H21FN4O3. The maximum Gasteiger partial charge on any atom is 0.157 e. The molecule has 4 atom stereocenters. The summed E-state index contributed by atoms with van der Waals surface area (Å²) in [6, 6.07) is 7.53. The normalized spacial score (nSPS) is 25.1. The molecule has 2 heterocycles. The maximum absolute atomic E-state index is 13.5. The smallest absolute Gasteiger partial charge is 0.157 e. The van der Waals surface area contributed by atoms with E-state index in [1.54, 1.807) is 28.9 Å². The van der Waals surface area contributed by atoms with Crippen LogP contribution in [0.3, 0.4) is 0 Å². The van der Waals surface area contributed by atoms with E-state index >= 15 is 0 Å². The molecule has 0 unspecified atom stereocenters. The van der Waals surface area contributed by atoms with Gasteiger partial charge in [-0.05, 0) is 30.5 Å². The van der Waals surface area contributed by atoms with Crippen LogP contribution in [0.25, 0.3) is 16.9 Å². The second-order valence-electron chi connectivity index (χ2n) is 6.92. The first-order valence-electron chi connectivity index (χ1n) is 8.79. The van der Waals surface area contributed by atoms with E-state index in [1.807, 2.05) is 6.92 Å². The predicted molar refractivity (Wildman–Crippen MR) is 98.1 cm³/mol. The number of nitrogens with zero attached hydrogens (tertiary/aromatic N) is 3. The Hall–Kier alpha value is -2.71. The highest BCUT2D eigenvalue weighted by Crippen LogP contribution is 2.32. The zero-order valence-electron chi connectivity index (χ0n) is 15.0. The molecule has 7 nitrogen and oxygen atoms in total. The summed E-state index contributed by atoms with van der Waals surface area (Å²) in [5, 5.41) is 28.0. The zero-order valence-corrected chi connectivity index (χ0v) is 15.0. The predicted octanol–water partition coefficient (Wildman–Crippen LogP) is 2.09. The summed E-state index contributed by atoms with van der Waals surface area (Å²) in [4.78, 5) is 4.32. The molecule has 3 aromatic rings. The van der Waals surface area contributed by atoms with E-state index in [4.69, 9.17) is 4.74 Å². The van der Waals surface area contributed by atoms with Crippen LogP contribution in [0.1, 0.15) is 13.3 Å². The number of aliphatic hydroxyl groups excluding tert-OH is 2. The van der Waals surface area contributed by atoms with Crippen LogP contribution < -0.4 is 10.1 Å². The molecular weight excluding hydrogens is 351 g/mol. The lowest BCUT2D eigenvalue weighted by Crippen LogP contribution is -2.35. The van der Waals surface area contributed by atoms with Crippen molar-refractivity contribution in [3.63, 3.8) is 0 Å². The molecule has 0 amide bonds. The zero-order chi connectivity index (χ0) is 19.1. The molecule has 2 aromatic heterocycles. The molecule has 0 saturated heterocycles. The van der Waals surface area contributed by atoms with Crippen LogP contribution in [-0.2, 0) is 0 Å². The second kappa shape index (κ2) is 6.79. The summed E-state index contributed by atoms with van der Waals surface area (Å²) in [7, 11) is 1.48. The minimum absolute atomic E-state index is 0.00601. The van der Waals surface area contributed by atoms with Crippen molar-refractivity contribution in [2.75, 3.05) is 12.4 Å². The van der Waals surface area contributed by atoms with Crippen LogP contribution in [0, 0.1) is 11.7 Å². The first-order valence-corrected chi connectivity index (χ1v) is 8.79. The number of nitrogens with one attached hydrogen (secondary N) is 1. The molecule has 1 aliphatic carbocycles. The third-order valence-electron chi connectivity index (χ3n) is 5.10. The lowest BCUT2D eigenvalue weighted by atomic mass is 10.1. The van der Waals surface area contributed by atoms with Crippen molar-refractivity contribution in [2.24, 2.45) is 5.92 Å². The van der Waals surface area contributed by atoms with E-state index < -0.39 is 12.2 Å². The molecule has 3 N–H and O–H groups in total. The van der Waals surface area contributed by atoms with Gasteiger partial charge < -0.3 is 20.3 Å². The van der Waals surface area contributed by atoms with Crippen molar-refractivity contribution >= 4 is 11.5 Å². The van der Waals surface area contributed by atoms with Crippen molar-refractivity contribution < 1.29 is 19.3 Å². The van der Waals surface area contributed by atoms with E-state index in [9.17, 15) is 14.6 Å². The fraction of sp³-hybridized carbons (Fsp3) is 0.368. The Morgan fingerprint density at radius 1 is 1.22 bits per heavy atom. The van der Waals surface area contributed by atoms with E-state index in [0.717, 1.165) is 0 Å². The van der Waals surface area contributed by atoms with E-state index in [2.05, 4.69) is 15.4 Å². The van der Waals surface area contributed by atoms with Gasteiger partial charge >= 0.3 is 0 Å². The fourth-order valence-electron chi connectivity index (χ4n) is 3.60. The third-order valence-corrected chi connectivity index (χ3v) is 5.10. The minimum atomic E-state index is -0.851. The monoisotopic (exact) mass is 372 g/mol. The lowest BCUT2D eigenvalue weighted by Gasteiger charge is -2.19. The van der Waals surface area contributed by atoms with Crippen molar-refractivity contribution in [3.05, 3.63) is 42.3 Å². The van der Waals surface area contributed by atoms with Crippen molar-refractivity contribution in [2.45, 2.75) is 31.6 Å². The highest BCUT2D eigenvalue weighted by molar-refractivity contribution is 5.71. The van der Waals surface area contributed by atoms with Gasteiger partial charge in [0.1, 0.15) is 23.5 Å². The van der Waals surface area contributed by atoms with Crippen molar-refractivity contribution in [3.8, 4) is 17.0 Å². The number of ether oxygens (including phenoxy) is 1. The molecule has 8 heteroatoms. The van der Waals surface area contributed by atoms with Gasteiger partial charge in [0.05, 0.1) is 24.9 Å². The molecule has 1 fully saturated rings. The maximum atomic E-state index is 13.5. The van der Waals surface area contributed by atoms with E-state index in [0.29, 0.717) is 34.9 Å². The van der Waals surface area contributed by atoms with Gasteiger partial charge in [0.25, 0.3) is 0 Å². The Balaban J connectivity index is 1.71. The number of halogens is 1. The van der Waals surface area contributed by atoms with Gasteiger partial charge in [-0.3, -0.25) is 0 Å².